The van der Waals surface area contributed by atoms with Crippen molar-refractivity contribution in [3.63, 3.8) is 0 Å². The molecular formula is C11H11NO3S2. The molecule has 1 heterocycles. The highest BCUT2D eigenvalue weighted by molar-refractivity contribution is 7.90. The normalized spacial score (nSPS) is 14.6. The number of benzene rings is 1. The average molecular weight is 269 g/mol. The second-order valence-corrected chi connectivity index (χ2v) is 7.32. The Morgan fingerprint density at radius 3 is 2.76 bits per heavy atom. The zero-order valence-electron chi connectivity index (χ0n) is 9.10. The third-order valence-corrected chi connectivity index (χ3v) is 4.22. The van der Waals surface area contributed by atoms with Gasteiger partial charge in [0.05, 0.1) is 5.75 Å². The molecule has 0 aliphatic carbocycles. The van der Waals surface area contributed by atoms with Gasteiger partial charge in [-0.25, -0.2) is 9.00 Å². The van der Waals surface area contributed by atoms with Gasteiger partial charge in [0.2, 0.25) is 0 Å². The van der Waals surface area contributed by atoms with Gasteiger partial charge in [0.1, 0.15) is 4.88 Å². The van der Waals surface area contributed by atoms with Crippen molar-refractivity contribution in [1.29, 1.82) is 4.78 Å². The molecule has 1 aromatic heterocycles. The van der Waals surface area contributed by atoms with Crippen molar-refractivity contribution in [1.82, 2.24) is 0 Å². The van der Waals surface area contributed by atoms with E-state index in [4.69, 9.17) is 9.89 Å². The predicted octanol–water partition coefficient (Wildman–Crippen LogP) is 2.78. The molecule has 0 saturated carbocycles. The van der Waals surface area contributed by atoms with Gasteiger partial charge in [-0.05, 0) is 29.1 Å². The van der Waals surface area contributed by atoms with E-state index in [0.717, 1.165) is 15.6 Å². The molecule has 0 radical (unpaired) electrons. The van der Waals surface area contributed by atoms with Crippen LogP contribution in [0.5, 0.6) is 0 Å². The van der Waals surface area contributed by atoms with Crippen LogP contribution in [0, 0.1) is 4.78 Å². The fourth-order valence-electron chi connectivity index (χ4n) is 1.61. The zero-order chi connectivity index (χ0) is 12.6. The molecule has 1 atom stereocenters. The molecule has 0 aliphatic heterocycles. The van der Waals surface area contributed by atoms with E-state index >= 15 is 0 Å². The van der Waals surface area contributed by atoms with Crippen LogP contribution in [-0.2, 0) is 15.5 Å². The molecule has 17 heavy (non-hydrogen) atoms. The van der Waals surface area contributed by atoms with Crippen LogP contribution in [-0.4, -0.2) is 21.5 Å². The standard InChI is InChI=1S/C11H11NO3S2/c1-17(12,15)6-7-2-3-9-8(4-7)5-10(16-9)11(13)14/h2-5,12H,6H2,1H3,(H,13,14). The van der Waals surface area contributed by atoms with E-state index < -0.39 is 15.7 Å². The van der Waals surface area contributed by atoms with Crippen LogP contribution >= 0.6 is 11.3 Å². The van der Waals surface area contributed by atoms with Crippen molar-refractivity contribution in [2.75, 3.05) is 6.26 Å². The van der Waals surface area contributed by atoms with E-state index in [1.165, 1.54) is 17.6 Å². The van der Waals surface area contributed by atoms with Gasteiger partial charge >= 0.3 is 5.97 Å². The van der Waals surface area contributed by atoms with Crippen LogP contribution in [0.15, 0.2) is 24.3 Å². The summed E-state index contributed by atoms with van der Waals surface area (Å²) in [5.41, 5.74) is 0.801. The van der Waals surface area contributed by atoms with E-state index in [-0.39, 0.29) is 5.75 Å². The van der Waals surface area contributed by atoms with Crippen molar-refractivity contribution in [2.24, 2.45) is 0 Å². The molecule has 0 spiro atoms. The summed E-state index contributed by atoms with van der Waals surface area (Å²) in [6.45, 7) is 0. The second-order valence-electron chi connectivity index (χ2n) is 3.94. The SMILES string of the molecule is CS(=N)(=O)Cc1ccc2sc(C(=O)O)cc2c1. The lowest BCUT2D eigenvalue weighted by molar-refractivity contribution is 0.0702. The molecular weight excluding hydrogens is 258 g/mol. The lowest BCUT2D eigenvalue weighted by Crippen LogP contribution is -1.98. The summed E-state index contributed by atoms with van der Waals surface area (Å²) in [4.78, 5) is 11.1. The van der Waals surface area contributed by atoms with E-state index in [2.05, 4.69) is 0 Å². The Morgan fingerprint density at radius 2 is 2.18 bits per heavy atom. The lowest BCUT2D eigenvalue weighted by atomic mass is 10.2. The molecule has 4 nitrogen and oxygen atoms in total. The first-order valence-electron chi connectivity index (χ1n) is 4.82. The minimum absolute atomic E-state index is 0.196. The average Bonchev–Trinajstić information content (AvgIpc) is 2.57. The number of nitrogens with one attached hydrogen (secondary N) is 1. The lowest BCUT2D eigenvalue weighted by Gasteiger charge is -2.01. The number of fused-ring (bicyclic) bond motifs is 1. The van der Waals surface area contributed by atoms with E-state index in [9.17, 15) is 9.00 Å². The van der Waals surface area contributed by atoms with Crippen molar-refractivity contribution in [3.05, 3.63) is 34.7 Å². The second kappa shape index (κ2) is 4.12. The Morgan fingerprint density at radius 1 is 1.47 bits per heavy atom. The number of carboxylic acids is 1. The zero-order valence-corrected chi connectivity index (χ0v) is 10.7. The monoisotopic (exact) mass is 269 g/mol. The maximum atomic E-state index is 11.4. The van der Waals surface area contributed by atoms with Crippen LogP contribution in [0.2, 0.25) is 0 Å². The van der Waals surface area contributed by atoms with Gasteiger partial charge in [-0.3, -0.25) is 4.78 Å². The number of hydrogen-bond donors (Lipinski definition) is 2. The smallest absolute Gasteiger partial charge is 0.345 e. The van der Waals surface area contributed by atoms with Gasteiger partial charge in [0.15, 0.2) is 0 Å². The van der Waals surface area contributed by atoms with Crippen LogP contribution in [0.4, 0.5) is 0 Å². The van der Waals surface area contributed by atoms with Crippen molar-refractivity contribution in [3.8, 4) is 0 Å². The van der Waals surface area contributed by atoms with E-state index in [1.807, 2.05) is 6.07 Å². The van der Waals surface area contributed by atoms with E-state index in [1.54, 1.807) is 18.2 Å². The topological polar surface area (TPSA) is 78.2 Å². The molecule has 2 rings (SSSR count). The molecule has 1 unspecified atom stereocenters. The Kier molecular flexibility index (Phi) is 2.92. The highest BCUT2D eigenvalue weighted by Gasteiger charge is 2.09. The summed E-state index contributed by atoms with van der Waals surface area (Å²) in [6.07, 6.45) is 1.40. The molecule has 0 aliphatic rings. The largest absolute Gasteiger partial charge is 0.477 e. The molecule has 6 heteroatoms. The van der Waals surface area contributed by atoms with Crippen molar-refractivity contribution >= 4 is 37.1 Å². The molecule has 0 fully saturated rings. The maximum Gasteiger partial charge on any atom is 0.345 e. The minimum Gasteiger partial charge on any atom is -0.477 e. The predicted molar refractivity (Wildman–Crippen MR) is 69.3 cm³/mol. The van der Waals surface area contributed by atoms with Gasteiger partial charge in [0.25, 0.3) is 0 Å². The van der Waals surface area contributed by atoms with Crippen molar-refractivity contribution < 1.29 is 14.1 Å². The summed E-state index contributed by atoms with van der Waals surface area (Å²) in [7, 11) is -2.57. The number of carboxylic acid groups (broad SMARTS) is 1. The van der Waals surface area contributed by atoms with Gasteiger partial charge < -0.3 is 5.11 Å². The van der Waals surface area contributed by atoms with Gasteiger partial charge in [0, 0.05) is 20.7 Å². The van der Waals surface area contributed by atoms with Gasteiger partial charge in [-0.15, -0.1) is 11.3 Å². The van der Waals surface area contributed by atoms with Gasteiger partial charge in [-0.1, -0.05) is 6.07 Å². The molecule has 1 aromatic carbocycles. The number of thiophene rings is 1. The molecule has 0 bridgehead atoms. The third-order valence-electron chi connectivity index (χ3n) is 2.23. The first-order chi connectivity index (χ1) is 7.85. The Hall–Kier alpha value is -1.40. The Labute approximate surface area is 103 Å². The summed E-state index contributed by atoms with van der Waals surface area (Å²) in [5.74, 6) is -0.742. The minimum atomic E-state index is -2.57. The van der Waals surface area contributed by atoms with Crippen molar-refractivity contribution in [2.45, 2.75) is 5.75 Å². The highest BCUT2D eigenvalue weighted by atomic mass is 32.2. The first-order valence-corrected chi connectivity index (χ1v) is 7.77. The molecule has 90 valence electrons. The number of rotatable bonds is 3. The maximum absolute atomic E-state index is 11.4. The van der Waals surface area contributed by atoms with E-state index in [0.29, 0.717) is 4.88 Å². The van der Waals surface area contributed by atoms with Crippen LogP contribution in [0.1, 0.15) is 15.2 Å². The number of carbonyl (C=O) groups is 1. The molecule has 2 N–H and O–H groups in total. The third kappa shape index (κ3) is 2.83. The first kappa shape index (κ1) is 12.1. The summed E-state index contributed by atoms with van der Waals surface area (Å²) >= 11 is 1.21. The molecule has 2 aromatic rings. The molecule has 0 amide bonds. The number of hydrogen-bond acceptors (Lipinski definition) is 4. The fraction of sp³-hybridized carbons (Fsp3) is 0.182. The summed E-state index contributed by atoms with van der Waals surface area (Å²) in [5, 5.41) is 9.70. The Balaban J connectivity index is 2.47. The van der Waals surface area contributed by atoms with Crippen LogP contribution in [0.25, 0.3) is 10.1 Å². The summed E-state index contributed by atoms with van der Waals surface area (Å²) in [6, 6.07) is 7.01. The van der Waals surface area contributed by atoms with Gasteiger partial charge in [-0.2, -0.15) is 0 Å². The molecule has 0 saturated heterocycles. The van der Waals surface area contributed by atoms with Crippen LogP contribution in [0.3, 0.4) is 0 Å². The summed E-state index contributed by atoms with van der Waals surface area (Å²) < 4.78 is 19.7. The van der Waals surface area contributed by atoms with Crippen LogP contribution < -0.4 is 0 Å². The number of aromatic carboxylic acids is 1. The Bertz CT molecular complexity index is 686. The highest BCUT2D eigenvalue weighted by Crippen LogP contribution is 2.27. The fourth-order valence-corrected chi connectivity index (χ4v) is 3.30. The quantitative estimate of drug-likeness (QED) is 0.899.